The highest BCUT2D eigenvalue weighted by atomic mass is 35.5. The van der Waals surface area contributed by atoms with Crippen LogP contribution in [-0.2, 0) is 11.4 Å². The molecule has 0 unspecified atom stereocenters. The van der Waals surface area contributed by atoms with Gasteiger partial charge in [-0.1, -0.05) is 29.3 Å². The van der Waals surface area contributed by atoms with Gasteiger partial charge in [0.2, 0.25) is 0 Å². The molecule has 0 aliphatic carbocycles. The third-order valence-electron chi connectivity index (χ3n) is 4.15. The van der Waals surface area contributed by atoms with Crippen LogP contribution in [0.4, 0.5) is 0 Å². The van der Waals surface area contributed by atoms with Gasteiger partial charge in [0.25, 0.3) is 5.91 Å². The van der Waals surface area contributed by atoms with E-state index < -0.39 is 12.6 Å². The van der Waals surface area contributed by atoms with Gasteiger partial charge in [0, 0.05) is 21.2 Å². The molecular weight excluding hydrogens is 455 g/mol. The molecule has 1 amide bonds. The standard InChI is InChI=1S/C23H18Cl2N2O5/c24-18-6-3-17(21(25)11-18)13-31-20-9-4-16(5-10-20)23(30)27-26-12-15-1-7-19(8-2-15)32-14-22(28)29/h1-12H,13-14H2,(H,27,30)(H,28,29)/b26-12+. The number of carbonyl (C=O) groups is 2. The number of rotatable bonds is 9. The van der Waals surface area contributed by atoms with Gasteiger partial charge >= 0.3 is 5.97 Å². The van der Waals surface area contributed by atoms with Gasteiger partial charge in [0.1, 0.15) is 18.1 Å². The van der Waals surface area contributed by atoms with Crippen molar-refractivity contribution in [1.82, 2.24) is 5.43 Å². The zero-order valence-electron chi connectivity index (χ0n) is 16.6. The second kappa shape index (κ2) is 11.2. The minimum Gasteiger partial charge on any atom is -0.489 e. The third-order valence-corrected chi connectivity index (χ3v) is 4.74. The lowest BCUT2D eigenvalue weighted by molar-refractivity contribution is -0.139. The fourth-order valence-corrected chi connectivity index (χ4v) is 2.99. The Morgan fingerprint density at radius 1 is 0.938 bits per heavy atom. The van der Waals surface area contributed by atoms with Crippen LogP contribution in [0.1, 0.15) is 21.5 Å². The van der Waals surface area contributed by atoms with E-state index in [9.17, 15) is 9.59 Å². The number of halogens is 2. The number of aliphatic carboxylic acids is 1. The molecule has 0 aromatic heterocycles. The van der Waals surface area contributed by atoms with Gasteiger partial charge < -0.3 is 14.6 Å². The van der Waals surface area contributed by atoms with Gasteiger partial charge in [-0.15, -0.1) is 0 Å². The van der Waals surface area contributed by atoms with Crippen LogP contribution < -0.4 is 14.9 Å². The van der Waals surface area contributed by atoms with Crippen molar-refractivity contribution in [3.05, 3.63) is 93.5 Å². The number of nitrogens with one attached hydrogen (secondary N) is 1. The molecule has 0 saturated carbocycles. The van der Waals surface area contributed by atoms with E-state index in [0.29, 0.717) is 32.7 Å². The van der Waals surface area contributed by atoms with E-state index >= 15 is 0 Å². The van der Waals surface area contributed by atoms with Gasteiger partial charge in [0.05, 0.1) is 6.21 Å². The molecule has 9 heteroatoms. The molecule has 3 aromatic carbocycles. The van der Waals surface area contributed by atoms with E-state index in [1.54, 1.807) is 66.7 Å². The summed E-state index contributed by atoms with van der Waals surface area (Å²) in [6.07, 6.45) is 1.46. The molecule has 32 heavy (non-hydrogen) atoms. The molecule has 164 valence electrons. The summed E-state index contributed by atoms with van der Waals surface area (Å²) >= 11 is 12.0. The van der Waals surface area contributed by atoms with Gasteiger partial charge in [-0.2, -0.15) is 5.10 Å². The largest absolute Gasteiger partial charge is 0.489 e. The van der Waals surface area contributed by atoms with E-state index in [2.05, 4.69) is 10.5 Å². The fraction of sp³-hybridized carbons (Fsp3) is 0.0870. The normalized spacial score (nSPS) is 10.7. The Morgan fingerprint density at radius 3 is 2.25 bits per heavy atom. The highest BCUT2D eigenvalue weighted by Crippen LogP contribution is 2.23. The highest BCUT2D eigenvalue weighted by molar-refractivity contribution is 6.35. The molecule has 3 rings (SSSR count). The van der Waals surface area contributed by atoms with Crippen LogP contribution in [0.25, 0.3) is 0 Å². The second-order valence-corrected chi connectivity index (χ2v) is 7.34. The number of amides is 1. The Bertz CT molecular complexity index is 1120. The van der Waals surface area contributed by atoms with Gasteiger partial charge in [-0.05, 0) is 66.2 Å². The summed E-state index contributed by atoms with van der Waals surface area (Å²) in [6, 6.07) is 18.4. The predicted octanol–water partition coefficient (Wildman–Crippen LogP) is 4.80. The summed E-state index contributed by atoms with van der Waals surface area (Å²) < 4.78 is 10.7. The van der Waals surface area contributed by atoms with E-state index in [-0.39, 0.29) is 12.5 Å². The number of hydrogen-bond acceptors (Lipinski definition) is 5. The number of carbonyl (C=O) groups excluding carboxylic acids is 1. The number of hydrogen-bond donors (Lipinski definition) is 2. The molecule has 3 aromatic rings. The van der Waals surface area contributed by atoms with Gasteiger partial charge in [0.15, 0.2) is 6.61 Å². The predicted molar refractivity (Wildman–Crippen MR) is 122 cm³/mol. The number of hydrazone groups is 1. The Morgan fingerprint density at radius 2 is 1.59 bits per heavy atom. The minimum atomic E-state index is -1.05. The summed E-state index contributed by atoms with van der Waals surface area (Å²) in [4.78, 5) is 22.7. The molecule has 0 fully saturated rings. The molecule has 0 aliphatic heterocycles. The lowest BCUT2D eigenvalue weighted by Crippen LogP contribution is -2.17. The maximum atomic E-state index is 12.2. The van der Waals surface area contributed by atoms with Crippen LogP contribution >= 0.6 is 23.2 Å². The van der Waals surface area contributed by atoms with Crippen LogP contribution in [0.15, 0.2) is 71.8 Å². The molecule has 2 N–H and O–H groups in total. The average Bonchev–Trinajstić information content (AvgIpc) is 2.78. The van der Waals surface area contributed by atoms with Crippen LogP contribution in [0, 0.1) is 0 Å². The number of nitrogens with zero attached hydrogens (tertiary/aromatic N) is 1. The Labute approximate surface area is 194 Å². The Kier molecular flexibility index (Phi) is 8.08. The minimum absolute atomic E-state index is 0.270. The van der Waals surface area contributed by atoms with Crippen molar-refractivity contribution in [2.24, 2.45) is 5.10 Å². The molecule has 0 aliphatic rings. The SMILES string of the molecule is O=C(O)COc1ccc(/C=N/NC(=O)c2ccc(OCc3ccc(Cl)cc3Cl)cc2)cc1. The monoisotopic (exact) mass is 472 g/mol. The summed E-state index contributed by atoms with van der Waals surface area (Å²) in [5, 5.41) is 13.6. The first-order valence-corrected chi connectivity index (χ1v) is 10.1. The van der Waals surface area contributed by atoms with Crippen LogP contribution in [0.5, 0.6) is 11.5 Å². The number of ether oxygens (including phenoxy) is 2. The smallest absolute Gasteiger partial charge is 0.341 e. The molecule has 0 saturated heterocycles. The first-order valence-electron chi connectivity index (χ1n) is 9.35. The third kappa shape index (κ3) is 7.01. The maximum absolute atomic E-state index is 12.2. The van der Waals surface area contributed by atoms with Crippen molar-refractivity contribution in [1.29, 1.82) is 0 Å². The van der Waals surface area contributed by atoms with Crippen molar-refractivity contribution in [2.75, 3.05) is 6.61 Å². The number of carboxylic acids is 1. The molecule has 0 heterocycles. The zero-order valence-corrected chi connectivity index (χ0v) is 18.1. The zero-order chi connectivity index (χ0) is 22.9. The first-order chi connectivity index (χ1) is 15.4. The van der Waals surface area contributed by atoms with E-state index in [1.807, 2.05) is 0 Å². The van der Waals surface area contributed by atoms with Crippen molar-refractivity contribution in [3.63, 3.8) is 0 Å². The quantitative estimate of drug-likeness (QED) is 0.344. The summed E-state index contributed by atoms with van der Waals surface area (Å²) in [5.41, 5.74) is 4.36. The summed E-state index contributed by atoms with van der Waals surface area (Å²) in [5.74, 6) is -0.422. The molecule has 7 nitrogen and oxygen atoms in total. The Balaban J connectivity index is 1.49. The lowest BCUT2D eigenvalue weighted by Gasteiger charge is -2.08. The lowest BCUT2D eigenvalue weighted by atomic mass is 10.2. The molecular formula is C23H18Cl2N2O5. The van der Waals surface area contributed by atoms with E-state index in [4.69, 9.17) is 37.8 Å². The second-order valence-electron chi connectivity index (χ2n) is 6.50. The molecule has 0 spiro atoms. The highest BCUT2D eigenvalue weighted by Gasteiger charge is 2.06. The maximum Gasteiger partial charge on any atom is 0.341 e. The van der Waals surface area contributed by atoms with Gasteiger partial charge in [-0.3, -0.25) is 4.79 Å². The molecule has 0 atom stereocenters. The van der Waals surface area contributed by atoms with Crippen molar-refractivity contribution in [3.8, 4) is 11.5 Å². The number of benzene rings is 3. The Hall–Kier alpha value is -3.55. The fourth-order valence-electron chi connectivity index (χ4n) is 2.53. The average molecular weight is 473 g/mol. The van der Waals surface area contributed by atoms with Crippen LogP contribution in [0.3, 0.4) is 0 Å². The summed E-state index contributed by atoms with van der Waals surface area (Å²) in [7, 11) is 0. The van der Waals surface area contributed by atoms with Crippen molar-refractivity contribution >= 4 is 41.3 Å². The number of carboxylic acid groups (broad SMARTS) is 1. The summed E-state index contributed by atoms with van der Waals surface area (Å²) in [6.45, 7) is -0.145. The topological polar surface area (TPSA) is 97.2 Å². The van der Waals surface area contributed by atoms with Crippen LogP contribution in [-0.4, -0.2) is 29.8 Å². The molecule has 0 radical (unpaired) electrons. The van der Waals surface area contributed by atoms with Crippen LogP contribution in [0.2, 0.25) is 10.0 Å². The van der Waals surface area contributed by atoms with E-state index in [0.717, 1.165) is 5.56 Å². The van der Waals surface area contributed by atoms with Crippen molar-refractivity contribution < 1.29 is 24.2 Å². The van der Waals surface area contributed by atoms with Crippen molar-refractivity contribution in [2.45, 2.75) is 6.61 Å². The molecule has 0 bridgehead atoms. The van der Waals surface area contributed by atoms with E-state index in [1.165, 1.54) is 6.21 Å². The first kappa shape index (κ1) is 23.1. The van der Waals surface area contributed by atoms with Gasteiger partial charge in [-0.25, -0.2) is 10.2 Å².